The Morgan fingerprint density at radius 1 is 0.582 bits per heavy atom. The van der Waals surface area contributed by atoms with E-state index in [0.717, 1.165) is 55.3 Å². The minimum absolute atomic E-state index is 0.0451. The lowest BCUT2D eigenvalue weighted by Gasteiger charge is -2.45. The lowest BCUT2D eigenvalue weighted by atomic mass is 9.65. The van der Waals surface area contributed by atoms with Gasteiger partial charge in [0.05, 0.1) is 27.9 Å². The predicted molar refractivity (Wildman–Crippen MR) is 214 cm³/mol. The van der Waals surface area contributed by atoms with Crippen molar-refractivity contribution in [3.8, 4) is 11.1 Å². The van der Waals surface area contributed by atoms with Crippen LogP contribution in [0.2, 0.25) is 0 Å². The van der Waals surface area contributed by atoms with Gasteiger partial charge in [-0.2, -0.15) is 13.2 Å². The van der Waals surface area contributed by atoms with E-state index in [2.05, 4.69) is 0 Å². The molecule has 0 atom stereocenters. The molecule has 0 unspecified atom stereocenters. The first-order valence-corrected chi connectivity index (χ1v) is 19.0. The van der Waals surface area contributed by atoms with Crippen molar-refractivity contribution < 1.29 is 22.8 Å². The Morgan fingerprint density at radius 3 is 1.67 bits per heavy atom. The zero-order chi connectivity index (χ0) is 38.1. The molecule has 0 N–H and O–H groups in total. The van der Waals surface area contributed by atoms with E-state index in [1.54, 1.807) is 30.0 Å². The van der Waals surface area contributed by atoms with Crippen LogP contribution in [0.15, 0.2) is 121 Å². The molecule has 0 amide bonds. The van der Waals surface area contributed by atoms with Gasteiger partial charge in [-0.3, -0.25) is 9.59 Å². The standard InChI is InChI=1S/C48H32F3NO2S/c1-25-17-27(3)42(28(4)18-25)52-43-39(19-26(2)20-40(43)48(49,50)51)47(37-15-9-7-13-32(37)33-14-8-10-16-38(33)47)41-24-31(55-46(41)52)23-36-44(53)34-21-29-11-5-6-12-30(29)22-35(34)45(36)54/h5-24H,1-4H3. The van der Waals surface area contributed by atoms with E-state index in [-0.39, 0.29) is 22.8 Å². The van der Waals surface area contributed by atoms with Crippen LogP contribution in [-0.4, -0.2) is 11.6 Å². The lowest BCUT2D eigenvalue weighted by Crippen LogP contribution is -2.37. The molecule has 0 saturated carbocycles. The van der Waals surface area contributed by atoms with Gasteiger partial charge < -0.3 is 4.90 Å². The number of thiophene rings is 1. The van der Waals surface area contributed by atoms with Gasteiger partial charge in [-0.15, -0.1) is 11.3 Å². The number of halogens is 3. The van der Waals surface area contributed by atoms with Crippen LogP contribution in [0.3, 0.4) is 0 Å². The summed E-state index contributed by atoms with van der Waals surface area (Å²) < 4.78 is 46.9. The molecular weight excluding hydrogens is 712 g/mol. The molecule has 10 rings (SSSR count). The molecule has 6 aromatic carbocycles. The van der Waals surface area contributed by atoms with E-state index in [9.17, 15) is 9.59 Å². The summed E-state index contributed by atoms with van der Waals surface area (Å²) in [5.74, 6) is -0.715. The zero-order valence-corrected chi connectivity index (χ0v) is 31.2. The van der Waals surface area contributed by atoms with Crippen molar-refractivity contribution in [3.05, 3.63) is 187 Å². The van der Waals surface area contributed by atoms with Gasteiger partial charge >= 0.3 is 6.18 Å². The maximum Gasteiger partial charge on any atom is 0.418 e. The average molecular weight is 744 g/mol. The number of nitrogens with zero attached hydrogens (tertiary/aromatic N) is 1. The fourth-order valence-corrected chi connectivity index (χ4v) is 10.7. The highest BCUT2D eigenvalue weighted by Gasteiger charge is 2.55. The average Bonchev–Trinajstić information content (AvgIpc) is 3.77. The smallest absolute Gasteiger partial charge is 0.300 e. The number of carbonyl (C=O) groups is 2. The van der Waals surface area contributed by atoms with Gasteiger partial charge in [-0.05, 0) is 108 Å². The molecule has 7 heteroatoms. The maximum atomic E-state index is 15.6. The Bertz CT molecular complexity index is 2790. The maximum absolute atomic E-state index is 15.6. The van der Waals surface area contributed by atoms with Crippen molar-refractivity contribution in [2.24, 2.45) is 0 Å². The molecule has 2 aliphatic carbocycles. The molecule has 7 aromatic rings. The molecule has 0 bridgehead atoms. The van der Waals surface area contributed by atoms with Gasteiger partial charge in [0.15, 0.2) is 11.6 Å². The summed E-state index contributed by atoms with van der Waals surface area (Å²) in [5, 5.41) is 2.34. The van der Waals surface area contributed by atoms with E-state index in [4.69, 9.17) is 0 Å². The number of anilines is 3. The Balaban J connectivity index is 1.32. The topological polar surface area (TPSA) is 37.4 Å². The molecule has 0 radical (unpaired) electrons. The molecule has 268 valence electrons. The molecule has 1 spiro atoms. The molecule has 3 nitrogen and oxygen atoms in total. The number of fused-ring (bicyclic) bond motifs is 11. The molecule has 1 aromatic heterocycles. The van der Waals surface area contributed by atoms with E-state index in [1.807, 2.05) is 118 Å². The number of Topliss-reactive ketones (excluding diaryl/α,β-unsaturated/α-hetero) is 2. The number of ketones is 2. The van der Waals surface area contributed by atoms with Crippen LogP contribution in [0.1, 0.15) is 75.7 Å². The molecular formula is C48H32F3NO2S. The number of benzene rings is 6. The largest absolute Gasteiger partial charge is 0.418 e. The number of allylic oxidation sites excluding steroid dienone is 1. The van der Waals surface area contributed by atoms with E-state index in [1.165, 1.54) is 17.4 Å². The van der Waals surface area contributed by atoms with Crippen LogP contribution in [0, 0.1) is 27.7 Å². The SMILES string of the molecule is Cc1cc(C)c(N2c3sc(C=C4C(=O)c5cc6ccccc6cc5C4=O)cc3C3(c4ccccc4-c4ccccc43)c3cc(C)cc(C(F)(F)F)c32)c(C)c1. The van der Waals surface area contributed by atoms with E-state index < -0.39 is 17.2 Å². The third-order valence-corrected chi connectivity index (χ3v) is 12.6. The monoisotopic (exact) mass is 743 g/mol. The molecule has 1 aliphatic heterocycles. The number of alkyl halides is 3. The fourth-order valence-electron chi connectivity index (χ4n) is 9.51. The second-order valence-electron chi connectivity index (χ2n) is 15.0. The Morgan fingerprint density at radius 2 is 1.11 bits per heavy atom. The molecule has 2 heterocycles. The van der Waals surface area contributed by atoms with Crippen LogP contribution in [-0.2, 0) is 11.6 Å². The summed E-state index contributed by atoms with van der Waals surface area (Å²) in [7, 11) is 0. The second-order valence-corrected chi connectivity index (χ2v) is 16.0. The van der Waals surface area contributed by atoms with Crippen LogP contribution >= 0.6 is 11.3 Å². The van der Waals surface area contributed by atoms with Crippen molar-refractivity contribution >= 4 is 56.1 Å². The molecule has 0 saturated heterocycles. The lowest BCUT2D eigenvalue weighted by molar-refractivity contribution is -0.137. The van der Waals surface area contributed by atoms with Crippen LogP contribution in [0.5, 0.6) is 0 Å². The summed E-state index contributed by atoms with van der Waals surface area (Å²) in [6.07, 6.45) is -3.04. The molecule has 55 heavy (non-hydrogen) atoms. The van der Waals surface area contributed by atoms with Gasteiger partial charge in [-0.1, -0.05) is 102 Å². The van der Waals surface area contributed by atoms with Crippen LogP contribution in [0.4, 0.5) is 29.5 Å². The Hall–Kier alpha value is -6.05. The van der Waals surface area contributed by atoms with Crippen molar-refractivity contribution in [2.75, 3.05) is 4.90 Å². The second kappa shape index (κ2) is 11.5. The Kier molecular flexibility index (Phi) is 7.00. The van der Waals surface area contributed by atoms with Crippen molar-refractivity contribution in [1.82, 2.24) is 0 Å². The highest BCUT2D eigenvalue weighted by molar-refractivity contribution is 7.17. The highest BCUT2D eigenvalue weighted by Crippen LogP contribution is 2.67. The first-order chi connectivity index (χ1) is 26.4. The van der Waals surface area contributed by atoms with Gasteiger partial charge in [0.1, 0.15) is 5.00 Å². The summed E-state index contributed by atoms with van der Waals surface area (Å²) in [6, 6.07) is 36.3. The van der Waals surface area contributed by atoms with E-state index >= 15 is 13.2 Å². The first kappa shape index (κ1) is 33.5. The van der Waals surface area contributed by atoms with Crippen molar-refractivity contribution in [1.29, 1.82) is 0 Å². The number of hydrogen-bond acceptors (Lipinski definition) is 4. The minimum Gasteiger partial charge on any atom is -0.300 e. The number of aryl methyl sites for hydroxylation is 4. The molecule has 0 fully saturated rings. The predicted octanol–water partition coefficient (Wildman–Crippen LogP) is 12.8. The minimum atomic E-state index is -4.68. The van der Waals surface area contributed by atoms with Gasteiger partial charge in [0.2, 0.25) is 0 Å². The van der Waals surface area contributed by atoms with Gasteiger partial charge in [0, 0.05) is 21.6 Å². The third kappa shape index (κ3) is 4.56. The van der Waals surface area contributed by atoms with Crippen molar-refractivity contribution in [3.63, 3.8) is 0 Å². The van der Waals surface area contributed by atoms with Crippen LogP contribution < -0.4 is 4.90 Å². The summed E-state index contributed by atoms with van der Waals surface area (Å²) in [5.41, 5.74) is 7.86. The molecule has 3 aliphatic rings. The summed E-state index contributed by atoms with van der Waals surface area (Å²) in [4.78, 5) is 30.5. The van der Waals surface area contributed by atoms with Gasteiger partial charge in [0.25, 0.3) is 0 Å². The summed E-state index contributed by atoms with van der Waals surface area (Å²) >= 11 is 1.31. The zero-order valence-electron chi connectivity index (χ0n) is 30.4. The normalized spacial score (nSPS) is 15.0. The van der Waals surface area contributed by atoms with Crippen LogP contribution in [0.25, 0.3) is 28.0 Å². The third-order valence-electron chi connectivity index (χ3n) is 11.5. The van der Waals surface area contributed by atoms with Gasteiger partial charge in [-0.25, -0.2) is 0 Å². The van der Waals surface area contributed by atoms with Crippen molar-refractivity contribution in [2.45, 2.75) is 39.3 Å². The van der Waals surface area contributed by atoms with E-state index in [0.29, 0.717) is 37.8 Å². The highest BCUT2D eigenvalue weighted by atomic mass is 32.1. The number of rotatable bonds is 2. The number of hydrogen-bond donors (Lipinski definition) is 0. The fraction of sp³-hybridized carbons (Fsp3) is 0.125. The first-order valence-electron chi connectivity index (χ1n) is 18.2. The quantitative estimate of drug-likeness (QED) is 0.131. The Labute approximate surface area is 320 Å². The summed E-state index contributed by atoms with van der Waals surface area (Å²) in [6.45, 7) is 7.58. The number of carbonyl (C=O) groups excluding carboxylic acids is 2.